The Balaban J connectivity index is 0.0000116. The Labute approximate surface area is 990 Å². The van der Waals surface area contributed by atoms with E-state index < -0.39 is 391 Å². The van der Waals surface area contributed by atoms with Gasteiger partial charge < -0.3 is 237 Å². The molecule has 30 saturated heterocycles. The smallest absolute Gasteiger partial charge is 0.550 e. The van der Waals surface area contributed by atoms with Crippen molar-refractivity contribution in [2.45, 2.75) is 297 Å². The van der Waals surface area contributed by atoms with Crippen LogP contribution in [0.1, 0.15) is 51.4 Å². The van der Waals surface area contributed by atoms with Gasteiger partial charge in [0.05, 0.1) is 48.8 Å². The topological polar surface area (TPSA) is 792 Å². The summed E-state index contributed by atoms with van der Waals surface area (Å²) in [5, 5.41) is 288. The molecule has 0 saturated carbocycles. The molecule has 0 aliphatic carbocycles. The van der Waals surface area contributed by atoms with Crippen molar-refractivity contribution in [2.24, 2.45) is 0 Å². The van der Waals surface area contributed by atoms with Gasteiger partial charge in [0.15, 0.2) is 50.3 Å². The molecule has 0 radical (unpaired) electrons. The van der Waals surface area contributed by atoms with Crippen molar-refractivity contribution in [3.63, 3.8) is 0 Å². The summed E-state index contributed by atoms with van der Waals surface area (Å²) in [4.78, 5) is 93.3. The van der Waals surface area contributed by atoms with Gasteiger partial charge in [0.25, 0.3) is 0 Å². The van der Waals surface area contributed by atoms with Crippen LogP contribution in [0.25, 0.3) is 0 Å². The van der Waals surface area contributed by atoms with Crippen LogP contribution in [0.15, 0.2) is 0 Å². The van der Waals surface area contributed by atoms with E-state index in [0.717, 1.165) is 94.1 Å². The van der Waals surface area contributed by atoms with Crippen LogP contribution in [0.4, 0.5) is 0 Å². The first-order valence-corrected chi connectivity index (χ1v) is 49.6. The van der Waals surface area contributed by atoms with E-state index in [1.807, 2.05) is 0 Å². The number of aliphatic hydroxyl groups is 16. The molecular weight excluding hydrogens is 2070 g/mol. The van der Waals surface area contributed by atoms with Crippen molar-refractivity contribution in [1.29, 1.82) is 0 Å². The van der Waals surface area contributed by atoms with Gasteiger partial charge in [0.1, 0.15) is 146 Å². The first-order chi connectivity index (χ1) is 60.7. The molecule has 0 aromatic heterocycles. The molecule has 16 bridgehead atoms. The first kappa shape index (κ1) is 139. The minimum Gasteiger partial charge on any atom is -0.550 e. The van der Waals surface area contributed by atoms with Gasteiger partial charge in [-0.3, -0.25) is 0 Å². The minimum atomic E-state index is -2.36. The fraction of sp³-hybridized carbons (Fsp3) is 0.889. The molecule has 136 heavy (non-hydrogen) atoms. The maximum atomic E-state index is 12.2. The maximum absolute atomic E-state index is 12.2. The summed E-state index contributed by atoms with van der Waals surface area (Å²) in [7, 11) is 0. The predicted molar refractivity (Wildman–Crippen MR) is 420 cm³/mol. The second-order valence-corrected chi connectivity index (χ2v) is 39.8. The first-order valence-electron chi connectivity index (χ1n) is 40.3. The third kappa shape index (κ3) is 41.5. The molecule has 64 heteroatoms. The van der Waals surface area contributed by atoms with Crippen LogP contribution in [0.5, 0.6) is 0 Å². The zero-order valence-corrected chi connectivity index (χ0v) is 98.1. The Morgan fingerprint density at radius 1 is 0.162 bits per heavy atom. The number of carboxylic acids is 8. The zero-order valence-electron chi connectivity index (χ0n) is 75.5. The molecule has 30 fully saturated rings. The Morgan fingerprint density at radius 2 is 0.250 bits per heavy atom. The number of carbonyl (C=O) groups excluding carboxylic acids is 8. The Bertz CT molecular complexity index is 2870. The standard InChI is InChI=1S/C72H112O48S8.8Na/c73-33(74)1-9-121-17-25-57-41(89)49(97)65(105-25)114-58-26(18-122-10-2-34(75)76)107-67(51(99)43(58)91)116-60-28(20-124-12-4-36(79)80)109-69(53(101)45(60)93)118-62-30(22-126-14-6-38(83)84)111-71(55(103)47(62)95)120-64-32(24-128-16-8-40(87)88)112-72(56(104)48(64)96)119-63-31(23-127-15-7-39(85)86)110-70(54(102)46(63)94)117-61-29(21-125-13-5-37(81)82)108-68(52(100)44(61)92)115-59-27(19-123-11-3-35(77)78)106-66(113-57)50(98)42(59)90;;;;;;;;/h25-32,41-72,89-104H,1-24H2,(H,73,74)(H,75,76)(H,77,78)(H,79,80)(H,81,82)(H,83,84)(H,85,86)(H,87,88);;;;;;;;/q;8*+1/p-8/t25-,26-,27-,28-,29-,30-,31-,32-,41-,42-,43-,44-,45-,46-,47-,48-,49-,50-,51-,52-,53-,54-,55-,56-,57-,58-,59-,60-,61-,62-,63-,64-,65-,66-,67-,68-,69-,70-,71-,72-;;;;;;;;/m0......../s1. The normalized spacial score (nSPS) is 39.1. The summed E-state index contributed by atoms with van der Waals surface area (Å²) >= 11 is 6.55. The van der Waals surface area contributed by atoms with Crippen molar-refractivity contribution in [3.05, 3.63) is 0 Å². The van der Waals surface area contributed by atoms with Crippen molar-refractivity contribution >= 4 is 142 Å². The van der Waals surface area contributed by atoms with Crippen LogP contribution in [-0.2, 0) is 114 Å². The fourth-order valence-electron chi connectivity index (χ4n) is 14.6. The summed E-state index contributed by atoms with van der Waals surface area (Å²) < 4.78 is 99.6. The van der Waals surface area contributed by atoms with Crippen molar-refractivity contribution in [3.8, 4) is 0 Å². The molecule has 0 aromatic carbocycles. The Kier molecular flexibility index (Phi) is 71.6. The van der Waals surface area contributed by atoms with Gasteiger partial charge in [0.2, 0.25) is 0 Å². The number of carbonyl (C=O) groups is 8. The van der Waals surface area contributed by atoms with Gasteiger partial charge in [-0.2, -0.15) is 94.1 Å². The van der Waals surface area contributed by atoms with Crippen molar-refractivity contribution in [1.82, 2.24) is 0 Å². The molecule has 30 rings (SSSR count). The molecule has 0 amide bonds. The molecular formula is C72H104Na8O48S8. The predicted octanol–water partition coefficient (Wildman–Crippen LogP) is -42.3. The van der Waals surface area contributed by atoms with E-state index in [0.29, 0.717) is 0 Å². The Hall–Kier alpha value is 5.28. The average Bonchev–Trinajstić information content (AvgIpc) is 0.802. The van der Waals surface area contributed by atoms with Gasteiger partial charge in [-0.25, -0.2) is 0 Å². The van der Waals surface area contributed by atoms with E-state index >= 15 is 0 Å². The zero-order chi connectivity index (χ0) is 93.7. The van der Waals surface area contributed by atoms with Crippen LogP contribution < -0.4 is 277 Å². The molecule has 736 valence electrons. The third-order valence-electron chi connectivity index (χ3n) is 21.3. The summed E-state index contributed by atoms with van der Waals surface area (Å²) in [6, 6.07) is 0. The minimum absolute atomic E-state index is 0. The molecule has 30 aliphatic rings. The number of aliphatic hydroxyl groups excluding tert-OH is 16. The van der Waals surface area contributed by atoms with E-state index in [2.05, 4.69) is 0 Å². The molecule has 30 heterocycles. The van der Waals surface area contributed by atoms with Crippen LogP contribution in [0.2, 0.25) is 0 Å². The van der Waals surface area contributed by atoms with Crippen molar-refractivity contribution < 1.29 is 473 Å². The van der Waals surface area contributed by atoms with E-state index in [1.165, 1.54) is 0 Å². The molecule has 48 nitrogen and oxygen atoms in total. The second kappa shape index (κ2) is 69.9. The number of carboxylic acid groups (broad SMARTS) is 8. The molecule has 30 aliphatic heterocycles. The number of ether oxygens (including phenoxy) is 16. The molecule has 16 N–H and O–H groups in total. The van der Waals surface area contributed by atoms with Crippen LogP contribution >= 0.6 is 94.1 Å². The summed E-state index contributed by atoms with van der Waals surface area (Å²) in [5.41, 5.74) is 0. The quantitative estimate of drug-likeness (QED) is 0.0200. The fourth-order valence-corrected chi connectivity index (χ4v) is 22.5. The van der Waals surface area contributed by atoms with Gasteiger partial charge in [-0.15, -0.1) is 0 Å². The molecule has 0 spiro atoms. The number of hydrogen-bond acceptors (Lipinski definition) is 56. The van der Waals surface area contributed by atoms with Gasteiger partial charge in [0, 0.05) is 93.8 Å². The number of hydrogen-bond donors (Lipinski definition) is 16. The monoisotopic (exact) mass is 2180 g/mol. The molecule has 0 aromatic rings. The van der Waals surface area contributed by atoms with Gasteiger partial charge in [-0.05, 0) is 97.4 Å². The Morgan fingerprint density at radius 3 is 0.331 bits per heavy atom. The molecule has 0 unspecified atom stereocenters. The summed E-state index contributed by atoms with van der Waals surface area (Å²) in [6.45, 7) is 0. The SMILES string of the molecule is O=C([O-])CCSC[C@@H]1O[C@H]2O[C@@H]3[C@@H](O)[C@H](O)[C@H](O[C@@H]4[C@@H](O)[C@H](O)[C@H](O[C@@H]5[C@@H](O)[C@H](O)[C@H](O[C@@H]6[C@@H](O)[C@H](O)[C@H](O[C@@H]7[C@@H](O)[C@H](O)[C@H](O[C@@H]8[C@@H](O)[C@H](O)[C@H](O[C@@H]9[C@@H](O)[C@H](O)[C@H](O[C@@H]1[C@@H](O)[C@@H]2O)O[C@H]9CSCCC(=O)[O-])O[C@H]8CSCCC(=O)[O-])O[C@H]7CSCCC(=O)[O-])O[C@H]6CSCCC(=O)[O-])O[C@H]5CSCCC(=O)[O-])O[C@H]4CSCCC(=O)[O-])O[C@H]3CSCCC(=O)[O-].[Na+].[Na+].[Na+].[Na+].[Na+].[Na+].[Na+].[Na+]. The van der Waals surface area contributed by atoms with E-state index in [4.69, 9.17) is 75.8 Å². The largest absolute Gasteiger partial charge is 1.00 e. The third-order valence-corrected chi connectivity index (χ3v) is 29.8. The molecule has 40 atom stereocenters. The average molecular weight is 2180 g/mol. The van der Waals surface area contributed by atoms with E-state index in [-0.39, 0.29) is 282 Å². The maximum Gasteiger partial charge on any atom is 1.00 e. The van der Waals surface area contributed by atoms with Gasteiger partial charge in [-0.1, -0.05) is 0 Å². The van der Waals surface area contributed by atoms with E-state index in [9.17, 15) is 161 Å². The number of rotatable bonds is 40. The van der Waals surface area contributed by atoms with Crippen molar-refractivity contribution in [2.75, 3.05) is 92.0 Å². The summed E-state index contributed by atoms with van der Waals surface area (Å²) in [5.74, 6) is -17.6. The van der Waals surface area contributed by atoms with Crippen LogP contribution in [0.3, 0.4) is 0 Å². The van der Waals surface area contributed by atoms with Crippen LogP contribution in [-0.4, -0.2) is 467 Å². The van der Waals surface area contributed by atoms with Gasteiger partial charge >= 0.3 is 236 Å². The number of aliphatic carboxylic acids is 8. The van der Waals surface area contributed by atoms with E-state index in [1.54, 1.807) is 0 Å². The second-order valence-electron chi connectivity index (χ2n) is 30.6. The van der Waals surface area contributed by atoms with Crippen LogP contribution in [0, 0.1) is 0 Å². The number of thioether (sulfide) groups is 8. The summed E-state index contributed by atoms with van der Waals surface area (Å²) in [6.07, 6.45) is -88.6.